The lowest BCUT2D eigenvalue weighted by molar-refractivity contribution is 0.0338. The molecule has 0 saturated carbocycles. The van der Waals surface area contributed by atoms with E-state index in [1.54, 1.807) is 24.3 Å². The molecule has 14 heavy (non-hydrogen) atoms. The van der Waals surface area contributed by atoms with Crippen LogP contribution in [0.4, 0.5) is 0 Å². The molecule has 0 aliphatic carbocycles. The van der Waals surface area contributed by atoms with Crippen molar-refractivity contribution in [3.63, 3.8) is 0 Å². The molecule has 4 heteroatoms. The van der Waals surface area contributed by atoms with E-state index in [4.69, 9.17) is 0 Å². The first-order valence-electron chi connectivity index (χ1n) is 4.17. The second-order valence-electron chi connectivity index (χ2n) is 2.91. The van der Waals surface area contributed by atoms with Crippen molar-refractivity contribution >= 4 is 22.2 Å². The third kappa shape index (κ3) is 2.41. The molecule has 76 valence electrons. The number of hydrogen-bond acceptors (Lipinski definition) is 3. The molecule has 1 aromatic rings. The lowest BCUT2D eigenvalue weighted by Crippen LogP contribution is -2.20. The predicted molar refractivity (Wildman–Crippen MR) is 56.6 cm³/mol. The zero-order valence-corrected chi connectivity index (χ0v) is 9.02. The van der Waals surface area contributed by atoms with E-state index in [2.05, 4.69) is 15.9 Å². The van der Waals surface area contributed by atoms with Crippen molar-refractivity contribution in [2.75, 3.05) is 5.33 Å². The van der Waals surface area contributed by atoms with E-state index < -0.39 is 12.2 Å². The van der Waals surface area contributed by atoms with Gasteiger partial charge in [0.25, 0.3) is 0 Å². The van der Waals surface area contributed by atoms with Crippen molar-refractivity contribution in [2.45, 2.75) is 12.2 Å². The number of carbonyl (C=O) groups excluding carboxylic acids is 1. The van der Waals surface area contributed by atoms with Crippen LogP contribution in [-0.2, 0) is 0 Å². The first-order valence-corrected chi connectivity index (χ1v) is 5.29. The molecular formula is C10H11BrO3. The highest BCUT2D eigenvalue weighted by Gasteiger charge is 2.19. The van der Waals surface area contributed by atoms with Gasteiger partial charge in [-0.2, -0.15) is 0 Å². The van der Waals surface area contributed by atoms with Crippen molar-refractivity contribution in [3.8, 4) is 0 Å². The highest BCUT2D eigenvalue weighted by Crippen LogP contribution is 2.20. The predicted octanol–water partition coefficient (Wildman–Crippen LogP) is 1.29. The van der Waals surface area contributed by atoms with Crippen molar-refractivity contribution in [1.29, 1.82) is 0 Å². The fourth-order valence-electron chi connectivity index (χ4n) is 1.18. The number of aliphatic hydroxyl groups excluding tert-OH is 2. The first-order chi connectivity index (χ1) is 6.70. The summed E-state index contributed by atoms with van der Waals surface area (Å²) in [6.45, 7) is 0. The van der Waals surface area contributed by atoms with E-state index in [1.807, 2.05) is 0 Å². The van der Waals surface area contributed by atoms with Gasteiger partial charge in [0.2, 0.25) is 0 Å². The zero-order valence-electron chi connectivity index (χ0n) is 7.43. The smallest absolute Gasteiger partial charge is 0.150 e. The van der Waals surface area contributed by atoms with Gasteiger partial charge in [-0.25, -0.2) is 0 Å². The Balaban J connectivity index is 2.99. The highest BCUT2D eigenvalue weighted by atomic mass is 79.9. The number of alkyl halides is 1. The van der Waals surface area contributed by atoms with Crippen LogP contribution in [-0.4, -0.2) is 27.9 Å². The van der Waals surface area contributed by atoms with Crippen molar-refractivity contribution in [3.05, 3.63) is 35.4 Å². The molecule has 0 radical (unpaired) electrons. The van der Waals surface area contributed by atoms with Gasteiger partial charge in [-0.05, 0) is 5.56 Å². The molecule has 0 aliphatic heterocycles. The number of aliphatic hydroxyl groups is 2. The monoisotopic (exact) mass is 258 g/mol. The number of benzene rings is 1. The van der Waals surface area contributed by atoms with Gasteiger partial charge in [0.1, 0.15) is 12.4 Å². The summed E-state index contributed by atoms with van der Waals surface area (Å²) in [6.07, 6.45) is -1.27. The van der Waals surface area contributed by atoms with Crippen LogP contribution in [0.15, 0.2) is 24.3 Å². The lowest BCUT2D eigenvalue weighted by atomic mass is 10.0. The number of rotatable bonds is 4. The van der Waals surface area contributed by atoms with Gasteiger partial charge in [-0.1, -0.05) is 40.2 Å². The summed E-state index contributed by atoms with van der Waals surface area (Å²) in [7, 11) is 0. The van der Waals surface area contributed by atoms with Gasteiger partial charge in [0, 0.05) is 10.9 Å². The molecule has 1 aromatic carbocycles. The van der Waals surface area contributed by atoms with Crippen molar-refractivity contribution in [2.24, 2.45) is 0 Å². The van der Waals surface area contributed by atoms with Crippen LogP contribution in [0.3, 0.4) is 0 Å². The summed E-state index contributed by atoms with van der Waals surface area (Å²) in [5, 5.41) is 19.3. The molecule has 2 unspecified atom stereocenters. The quantitative estimate of drug-likeness (QED) is 0.632. The molecule has 0 aromatic heterocycles. The summed E-state index contributed by atoms with van der Waals surface area (Å²) in [6, 6.07) is 6.65. The van der Waals surface area contributed by atoms with Gasteiger partial charge in [-0.3, -0.25) is 4.79 Å². The van der Waals surface area contributed by atoms with Crippen LogP contribution >= 0.6 is 15.9 Å². The summed E-state index contributed by atoms with van der Waals surface area (Å²) in [5.74, 6) is 0. The molecule has 0 amide bonds. The third-order valence-electron chi connectivity index (χ3n) is 1.96. The fraction of sp³-hybridized carbons (Fsp3) is 0.300. The minimum atomic E-state index is -1.03. The molecule has 0 fully saturated rings. The number of halogens is 1. The maximum Gasteiger partial charge on any atom is 0.150 e. The molecule has 3 nitrogen and oxygen atoms in total. The van der Waals surface area contributed by atoms with Crippen LogP contribution in [0.5, 0.6) is 0 Å². The van der Waals surface area contributed by atoms with Gasteiger partial charge < -0.3 is 10.2 Å². The standard InChI is InChI=1S/C10H11BrO3/c11-5-9(13)10(14)8-4-2-1-3-7(8)6-12/h1-4,6,9-10,13-14H,5H2. The minimum Gasteiger partial charge on any atom is -0.389 e. The number of aldehydes is 1. The molecular weight excluding hydrogens is 248 g/mol. The Morgan fingerprint density at radius 2 is 2.00 bits per heavy atom. The molecule has 2 atom stereocenters. The maximum absolute atomic E-state index is 10.6. The topological polar surface area (TPSA) is 57.5 Å². The minimum absolute atomic E-state index is 0.265. The number of hydrogen-bond donors (Lipinski definition) is 2. The third-order valence-corrected chi connectivity index (χ3v) is 2.63. The number of carbonyl (C=O) groups is 1. The molecule has 0 bridgehead atoms. The normalized spacial score (nSPS) is 14.8. The average molecular weight is 259 g/mol. The van der Waals surface area contributed by atoms with E-state index in [0.29, 0.717) is 17.4 Å². The van der Waals surface area contributed by atoms with E-state index in [1.165, 1.54) is 0 Å². The second-order valence-corrected chi connectivity index (χ2v) is 3.56. The van der Waals surface area contributed by atoms with Gasteiger partial charge >= 0.3 is 0 Å². The fourth-order valence-corrected chi connectivity index (χ4v) is 1.53. The van der Waals surface area contributed by atoms with Crippen molar-refractivity contribution < 1.29 is 15.0 Å². The van der Waals surface area contributed by atoms with Gasteiger partial charge in [0.05, 0.1) is 6.10 Å². The molecule has 0 spiro atoms. The van der Waals surface area contributed by atoms with E-state index in [0.717, 1.165) is 0 Å². The largest absolute Gasteiger partial charge is 0.389 e. The zero-order chi connectivity index (χ0) is 10.6. The summed E-state index contributed by atoms with van der Waals surface area (Å²) < 4.78 is 0. The van der Waals surface area contributed by atoms with Gasteiger partial charge in [0.15, 0.2) is 0 Å². The van der Waals surface area contributed by atoms with Crippen LogP contribution in [0, 0.1) is 0 Å². The van der Waals surface area contributed by atoms with Crippen LogP contribution in [0.25, 0.3) is 0 Å². The Kier molecular flexibility index (Phi) is 4.25. The Morgan fingerprint density at radius 3 is 2.57 bits per heavy atom. The van der Waals surface area contributed by atoms with Gasteiger partial charge in [-0.15, -0.1) is 0 Å². The Bertz CT molecular complexity index is 314. The lowest BCUT2D eigenvalue weighted by Gasteiger charge is -2.17. The van der Waals surface area contributed by atoms with E-state index in [9.17, 15) is 15.0 Å². The molecule has 1 rings (SSSR count). The summed E-state index contributed by atoms with van der Waals surface area (Å²) >= 11 is 3.06. The molecule has 0 aliphatic rings. The highest BCUT2D eigenvalue weighted by molar-refractivity contribution is 9.09. The summed E-state index contributed by atoms with van der Waals surface area (Å²) in [4.78, 5) is 10.6. The van der Waals surface area contributed by atoms with E-state index in [-0.39, 0.29) is 5.33 Å². The second kappa shape index (κ2) is 5.24. The van der Waals surface area contributed by atoms with Crippen LogP contribution in [0.2, 0.25) is 0 Å². The molecule has 0 saturated heterocycles. The van der Waals surface area contributed by atoms with Crippen molar-refractivity contribution in [1.82, 2.24) is 0 Å². The molecule has 2 N–H and O–H groups in total. The van der Waals surface area contributed by atoms with Crippen LogP contribution < -0.4 is 0 Å². The van der Waals surface area contributed by atoms with E-state index >= 15 is 0 Å². The Labute approximate surface area is 90.5 Å². The average Bonchev–Trinajstić information content (AvgIpc) is 2.26. The Hall–Kier alpha value is -0.710. The first kappa shape index (κ1) is 11.4. The van der Waals surface area contributed by atoms with Crippen LogP contribution in [0.1, 0.15) is 22.0 Å². The maximum atomic E-state index is 10.6. The Morgan fingerprint density at radius 1 is 1.36 bits per heavy atom. The summed E-state index contributed by atoms with van der Waals surface area (Å²) in [5.41, 5.74) is 0.856. The molecule has 0 heterocycles. The SMILES string of the molecule is O=Cc1ccccc1C(O)C(O)CBr.